The molecule has 0 spiro atoms. The van der Waals surface area contributed by atoms with E-state index in [2.05, 4.69) is 25.3 Å². The molecule has 1 aromatic carbocycles. The molecule has 4 rings (SSSR count). The van der Waals surface area contributed by atoms with Crippen LogP contribution in [0.3, 0.4) is 0 Å². The predicted octanol–water partition coefficient (Wildman–Crippen LogP) is 2.22. The second-order valence-corrected chi connectivity index (χ2v) is 6.59. The Morgan fingerprint density at radius 3 is 2.54 bits per heavy atom. The van der Waals surface area contributed by atoms with Gasteiger partial charge in [-0.05, 0) is 36.4 Å². The summed E-state index contributed by atoms with van der Waals surface area (Å²) in [6.45, 7) is 3.97. The molecule has 3 aromatic rings. The van der Waals surface area contributed by atoms with E-state index in [4.69, 9.17) is 8.83 Å². The lowest BCUT2D eigenvalue weighted by Gasteiger charge is -2.33. The summed E-state index contributed by atoms with van der Waals surface area (Å²) >= 11 is 0. The number of furan rings is 1. The van der Waals surface area contributed by atoms with E-state index in [1.807, 2.05) is 0 Å². The van der Waals surface area contributed by atoms with Crippen molar-refractivity contribution in [1.29, 1.82) is 0 Å². The maximum Gasteiger partial charge on any atom is 0.283 e. The van der Waals surface area contributed by atoms with E-state index in [9.17, 15) is 9.18 Å². The molecule has 0 aliphatic carbocycles. The summed E-state index contributed by atoms with van der Waals surface area (Å²) in [5, 5.41) is 10.8. The number of hydrogen-bond donors (Lipinski definition) is 1. The third kappa shape index (κ3) is 4.62. The van der Waals surface area contributed by atoms with Gasteiger partial charge in [-0.25, -0.2) is 4.39 Å². The van der Waals surface area contributed by atoms with Crippen LogP contribution in [-0.4, -0.2) is 58.6 Å². The van der Waals surface area contributed by atoms with E-state index in [-0.39, 0.29) is 11.7 Å². The Balaban J connectivity index is 1.22. The van der Waals surface area contributed by atoms with Crippen molar-refractivity contribution in [1.82, 2.24) is 20.0 Å². The minimum Gasteiger partial charge on any atom is -0.459 e. The highest BCUT2D eigenvalue weighted by Gasteiger charge is 2.21. The van der Waals surface area contributed by atoms with E-state index in [1.165, 1.54) is 12.1 Å². The van der Waals surface area contributed by atoms with Crippen molar-refractivity contribution < 1.29 is 18.0 Å². The molecular weight excluding hydrogens is 365 g/mol. The number of hydrogen-bond acceptors (Lipinski definition) is 7. The van der Waals surface area contributed by atoms with E-state index in [0.717, 1.165) is 26.2 Å². The first kappa shape index (κ1) is 18.3. The average molecular weight is 385 g/mol. The Morgan fingerprint density at radius 1 is 1.07 bits per heavy atom. The van der Waals surface area contributed by atoms with Gasteiger partial charge in [0, 0.05) is 31.9 Å². The molecule has 0 bridgehead atoms. The largest absolute Gasteiger partial charge is 0.459 e. The van der Waals surface area contributed by atoms with E-state index in [0.29, 0.717) is 36.3 Å². The molecule has 0 saturated carbocycles. The van der Waals surface area contributed by atoms with Crippen LogP contribution in [0, 0.1) is 5.82 Å². The molecule has 146 valence electrons. The Morgan fingerprint density at radius 2 is 1.82 bits per heavy atom. The summed E-state index contributed by atoms with van der Waals surface area (Å²) in [7, 11) is 0. The first-order chi connectivity index (χ1) is 13.7. The minimum absolute atomic E-state index is 0.111. The van der Waals surface area contributed by atoms with Gasteiger partial charge in [-0.2, -0.15) is 0 Å². The molecule has 9 heteroatoms. The van der Waals surface area contributed by atoms with Gasteiger partial charge in [-0.3, -0.25) is 14.6 Å². The fourth-order valence-electron chi connectivity index (χ4n) is 3.05. The van der Waals surface area contributed by atoms with Gasteiger partial charge in [0.25, 0.3) is 5.89 Å². The van der Waals surface area contributed by atoms with Crippen molar-refractivity contribution in [3.63, 3.8) is 0 Å². The molecule has 1 amide bonds. The van der Waals surface area contributed by atoms with E-state index in [1.54, 1.807) is 30.5 Å². The zero-order chi connectivity index (χ0) is 19.3. The van der Waals surface area contributed by atoms with Crippen molar-refractivity contribution in [3.05, 3.63) is 54.4 Å². The quantitative estimate of drug-likeness (QED) is 0.696. The number of rotatable bonds is 6. The lowest BCUT2D eigenvalue weighted by atomic mass is 10.3. The van der Waals surface area contributed by atoms with Crippen LogP contribution in [0.25, 0.3) is 11.7 Å². The second kappa shape index (κ2) is 8.32. The van der Waals surface area contributed by atoms with Gasteiger partial charge in [0.15, 0.2) is 5.76 Å². The summed E-state index contributed by atoms with van der Waals surface area (Å²) in [6.07, 6.45) is 1.56. The third-order valence-corrected chi connectivity index (χ3v) is 4.52. The first-order valence-electron chi connectivity index (χ1n) is 9.02. The molecule has 1 aliphatic rings. The summed E-state index contributed by atoms with van der Waals surface area (Å²) in [5.74, 6) is 1.02. The molecule has 1 aliphatic heterocycles. The van der Waals surface area contributed by atoms with Crippen LogP contribution >= 0.6 is 0 Å². The van der Waals surface area contributed by atoms with Crippen LogP contribution in [-0.2, 0) is 11.3 Å². The maximum absolute atomic E-state index is 12.9. The molecule has 1 saturated heterocycles. The lowest BCUT2D eigenvalue weighted by Crippen LogP contribution is -2.48. The van der Waals surface area contributed by atoms with Gasteiger partial charge in [0.2, 0.25) is 11.8 Å². The van der Waals surface area contributed by atoms with Gasteiger partial charge >= 0.3 is 0 Å². The van der Waals surface area contributed by atoms with Gasteiger partial charge in [-0.15, -0.1) is 10.2 Å². The molecule has 28 heavy (non-hydrogen) atoms. The zero-order valence-corrected chi connectivity index (χ0v) is 15.2. The summed E-state index contributed by atoms with van der Waals surface area (Å²) in [6, 6.07) is 9.28. The van der Waals surface area contributed by atoms with Crippen molar-refractivity contribution >= 4 is 11.6 Å². The monoisotopic (exact) mass is 385 g/mol. The molecule has 0 radical (unpaired) electrons. The molecule has 0 unspecified atom stereocenters. The number of carbonyl (C=O) groups is 1. The number of aromatic nitrogens is 2. The molecule has 1 N–H and O–H groups in total. The topological polar surface area (TPSA) is 87.6 Å². The lowest BCUT2D eigenvalue weighted by molar-refractivity contribution is -0.117. The number of amides is 1. The highest BCUT2D eigenvalue weighted by atomic mass is 19.1. The molecule has 3 heterocycles. The van der Waals surface area contributed by atoms with Crippen molar-refractivity contribution in [2.75, 3.05) is 38.0 Å². The summed E-state index contributed by atoms with van der Waals surface area (Å²) < 4.78 is 23.8. The van der Waals surface area contributed by atoms with Gasteiger partial charge in [0.1, 0.15) is 5.82 Å². The van der Waals surface area contributed by atoms with Crippen molar-refractivity contribution in [3.8, 4) is 11.7 Å². The van der Waals surface area contributed by atoms with Crippen LogP contribution < -0.4 is 5.32 Å². The fourth-order valence-corrected chi connectivity index (χ4v) is 3.05. The number of nitrogens with one attached hydrogen (secondary N) is 1. The van der Waals surface area contributed by atoms with Crippen molar-refractivity contribution in [2.24, 2.45) is 0 Å². The molecule has 8 nitrogen and oxygen atoms in total. The summed E-state index contributed by atoms with van der Waals surface area (Å²) in [4.78, 5) is 16.4. The third-order valence-electron chi connectivity index (χ3n) is 4.52. The Bertz CT molecular complexity index is 902. The number of carbonyl (C=O) groups excluding carboxylic acids is 1. The number of anilines is 1. The van der Waals surface area contributed by atoms with Gasteiger partial charge < -0.3 is 14.2 Å². The standard InChI is InChI=1S/C19H20FN5O3/c20-14-3-5-15(6-4-14)21-17(26)12-24-7-9-25(10-8-24)13-18-22-23-19(28-18)16-2-1-11-27-16/h1-6,11H,7-10,12-13H2,(H,21,26). The van der Waals surface area contributed by atoms with Crippen LogP contribution in [0.15, 0.2) is 51.5 Å². The van der Waals surface area contributed by atoms with Gasteiger partial charge in [-0.1, -0.05) is 0 Å². The van der Waals surface area contributed by atoms with Crippen LogP contribution in [0.5, 0.6) is 0 Å². The molecular formula is C19H20FN5O3. The van der Waals surface area contributed by atoms with Gasteiger partial charge in [0.05, 0.1) is 19.4 Å². The predicted molar refractivity (Wildman–Crippen MR) is 98.7 cm³/mol. The van der Waals surface area contributed by atoms with E-state index >= 15 is 0 Å². The van der Waals surface area contributed by atoms with Crippen LogP contribution in [0.4, 0.5) is 10.1 Å². The number of halogens is 1. The Labute approximate surface area is 160 Å². The summed E-state index contributed by atoms with van der Waals surface area (Å²) in [5.41, 5.74) is 0.591. The highest BCUT2D eigenvalue weighted by molar-refractivity contribution is 5.92. The smallest absolute Gasteiger partial charge is 0.283 e. The highest BCUT2D eigenvalue weighted by Crippen LogP contribution is 2.18. The molecule has 1 fully saturated rings. The average Bonchev–Trinajstić information content (AvgIpc) is 3.37. The maximum atomic E-state index is 12.9. The Kier molecular flexibility index (Phi) is 5.45. The number of benzene rings is 1. The van der Waals surface area contributed by atoms with Crippen molar-refractivity contribution in [2.45, 2.75) is 6.54 Å². The Hall–Kier alpha value is -3.04. The normalized spacial score (nSPS) is 15.6. The molecule has 0 atom stereocenters. The molecule has 2 aromatic heterocycles. The zero-order valence-electron chi connectivity index (χ0n) is 15.2. The fraction of sp³-hybridized carbons (Fsp3) is 0.316. The SMILES string of the molecule is O=C(CN1CCN(Cc2nnc(-c3ccco3)o2)CC1)Nc1ccc(F)cc1. The first-order valence-corrected chi connectivity index (χ1v) is 9.02. The van der Waals surface area contributed by atoms with Crippen LogP contribution in [0.1, 0.15) is 5.89 Å². The van der Waals surface area contributed by atoms with Crippen LogP contribution in [0.2, 0.25) is 0 Å². The number of piperazine rings is 1. The van der Waals surface area contributed by atoms with E-state index < -0.39 is 0 Å². The second-order valence-electron chi connectivity index (χ2n) is 6.59. The number of nitrogens with zero attached hydrogens (tertiary/aromatic N) is 4. The minimum atomic E-state index is -0.327.